The molecule has 0 fully saturated rings. The second-order valence-electron chi connectivity index (χ2n) is 6.33. The molecule has 0 unspecified atom stereocenters. The Morgan fingerprint density at radius 2 is 1.90 bits per heavy atom. The number of benzene rings is 2. The van der Waals surface area contributed by atoms with Gasteiger partial charge >= 0.3 is 0 Å². The minimum atomic E-state index is -0.352. The molecule has 0 radical (unpaired) electrons. The van der Waals surface area contributed by atoms with Crippen LogP contribution < -0.4 is 15.4 Å². The highest BCUT2D eigenvalue weighted by Gasteiger charge is 2.07. The van der Waals surface area contributed by atoms with Gasteiger partial charge in [0.15, 0.2) is 0 Å². The minimum Gasteiger partial charge on any atom is -0.489 e. The molecule has 2 N–H and O–H groups in total. The molecular formula is C22H21FN2O3S. The molecule has 0 atom stereocenters. The van der Waals surface area contributed by atoms with Crippen LogP contribution in [0.2, 0.25) is 0 Å². The Labute approximate surface area is 172 Å². The number of halogens is 1. The highest BCUT2D eigenvalue weighted by molar-refractivity contribution is 7.12. The third kappa shape index (κ3) is 6.73. The molecule has 0 saturated heterocycles. The van der Waals surface area contributed by atoms with Crippen LogP contribution in [0, 0.1) is 5.82 Å². The quantitative estimate of drug-likeness (QED) is 0.504. The molecule has 150 valence electrons. The number of thiophene rings is 1. The van der Waals surface area contributed by atoms with E-state index in [1.165, 1.54) is 23.5 Å². The van der Waals surface area contributed by atoms with Crippen LogP contribution in [0.1, 0.15) is 28.1 Å². The van der Waals surface area contributed by atoms with Crippen LogP contribution in [0.3, 0.4) is 0 Å². The Morgan fingerprint density at radius 1 is 1.03 bits per heavy atom. The van der Waals surface area contributed by atoms with Crippen molar-refractivity contribution in [2.24, 2.45) is 0 Å². The molecule has 0 bridgehead atoms. The number of anilines is 1. The van der Waals surface area contributed by atoms with E-state index < -0.39 is 0 Å². The van der Waals surface area contributed by atoms with Gasteiger partial charge < -0.3 is 15.4 Å². The summed E-state index contributed by atoms with van der Waals surface area (Å²) in [6.45, 7) is 0.702. The fraction of sp³-hybridized carbons (Fsp3) is 0.182. The van der Waals surface area contributed by atoms with Crippen molar-refractivity contribution < 1.29 is 18.7 Å². The van der Waals surface area contributed by atoms with E-state index in [1.54, 1.807) is 24.3 Å². The van der Waals surface area contributed by atoms with Gasteiger partial charge in [-0.15, -0.1) is 11.3 Å². The second kappa shape index (κ2) is 10.4. The molecular weight excluding hydrogens is 391 g/mol. The van der Waals surface area contributed by atoms with Gasteiger partial charge in [-0.05, 0) is 47.7 Å². The van der Waals surface area contributed by atoms with Crippen LogP contribution in [0.4, 0.5) is 10.1 Å². The standard InChI is InChI=1S/C22H21FN2O3S/c23-17-6-2-8-19(14-17)28-15-16-5-1-7-18(13-16)25-21(26)10-3-11-24-22(27)20-9-4-12-29-20/h1-2,4-9,12-14H,3,10-11,15H2,(H,24,27)(H,25,26). The highest BCUT2D eigenvalue weighted by Crippen LogP contribution is 2.16. The molecule has 5 nitrogen and oxygen atoms in total. The van der Waals surface area contributed by atoms with Crippen LogP contribution in [0.5, 0.6) is 5.75 Å². The summed E-state index contributed by atoms with van der Waals surface area (Å²) in [5.74, 6) is -0.149. The molecule has 7 heteroatoms. The molecule has 0 aliphatic rings. The first-order valence-corrected chi connectivity index (χ1v) is 10.1. The molecule has 3 aromatic rings. The lowest BCUT2D eigenvalue weighted by atomic mass is 10.2. The molecule has 1 aromatic heterocycles. The lowest BCUT2D eigenvalue weighted by Gasteiger charge is -2.09. The van der Waals surface area contributed by atoms with Gasteiger partial charge in [0.1, 0.15) is 18.2 Å². The summed E-state index contributed by atoms with van der Waals surface area (Å²) in [5, 5.41) is 7.48. The van der Waals surface area contributed by atoms with Gasteiger partial charge in [-0.3, -0.25) is 9.59 Å². The van der Waals surface area contributed by atoms with Crippen LogP contribution in [0.25, 0.3) is 0 Å². The van der Waals surface area contributed by atoms with Gasteiger partial charge in [0.25, 0.3) is 5.91 Å². The second-order valence-corrected chi connectivity index (χ2v) is 7.28. The van der Waals surface area contributed by atoms with Crippen molar-refractivity contribution in [1.29, 1.82) is 0 Å². The van der Waals surface area contributed by atoms with Crippen LogP contribution in [-0.4, -0.2) is 18.4 Å². The maximum Gasteiger partial charge on any atom is 0.261 e. The molecule has 3 rings (SSSR count). The Morgan fingerprint density at radius 3 is 2.69 bits per heavy atom. The molecule has 0 aliphatic heterocycles. The van der Waals surface area contributed by atoms with Gasteiger partial charge in [0.2, 0.25) is 5.91 Å². The van der Waals surface area contributed by atoms with Crippen molar-refractivity contribution in [2.45, 2.75) is 19.4 Å². The summed E-state index contributed by atoms with van der Waals surface area (Å²) in [5.41, 5.74) is 1.52. The van der Waals surface area contributed by atoms with Crippen LogP contribution in [0.15, 0.2) is 66.0 Å². The molecule has 29 heavy (non-hydrogen) atoms. The third-order valence-electron chi connectivity index (χ3n) is 4.02. The Hall–Kier alpha value is -3.19. The SMILES string of the molecule is O=C(CCCNC(=O)c1cccs1)Nc1cccc(COc2cccc(F)c2)c1. The molecule has 1 heterocycles. The highest BCUT2D eigenvalue weighted by atomic mass is 32.1. The van der Waals surface area contributed by atoms with Gasteiger partial charge in [0.05, 0.1) is 4.88 Å². The maximum atomic E-state index is 13.2. The molecule has 0 aliphatic carbocycles. The Bertz CT molecular complexity index is 960. The van der Waals surface area contributed by atoms with Gasteiger partial charge in [-0.2, -0.15) is 0 Å². The van der Waals surface area contributed by atoms with Crippen molar-refractivity contribution in [2.75, 3.05) is 11.9 Å². The average Bonchev–Trinajstić information content (AvgIpc) is 3.25. The number of ether oxygens (including phenoxy) is 1. The fourth-order valence-corrected chi connectivity index (χ4v) is 3.27. The lowest BCUT2D eigenvalue weighted by Crippen LogP contribution is -2.24. The van der Waals surface area contributed by atoms with E-state index >= 15 is 0 Å². The van der Waals surface area contributed by atoms with Crippen LogP contribution >= 0.6 is 11.3 Å². The Kier molecular flexibility index (Phi) is 7.35. The van der Waals surface area contributed by atoms with E-state index in [0.29, 0.717) is 35.7 Å². The van der Waals surface area contributed by atoms with Gasteiger partial charge in [0, 0.05) is 24.7 Å². The van der Waals surface area contributed by atoms with E-state index in [2.05, 4.69) is 10.6 Å². The fourth-order valence-electron chi connectivity index (χ4n) is 2.63. The first-order valence-electron chi connectivity index (χ1n) is 9.19. The number of nitrogens with one attached hydrogen (secondary N) is 2. The summed E-state index contributed by atoms with van der Waals surface area (Å²) in [4.78, 5) is 24.6. The third-order valence-corrected chi connectivity index (χ3v) is 4.89. The maximum absolute atomic E-state index is 13.2. The van der Waals surface area contributed by atoms with E-state index in [4.69, 9.17) is 4.74 Å². The van der Waals surface area contributed by atoms with Gasteiger partial charge in [-0.1, -0.05) is 24.3 Å². The first-order chi connectivity index (χ1) is 14.1. The Balaban J connectivity index is 1.41. The van der Waals surface area contributed by atoms with Crippen molar-refractivity contribution in [3.63, 3.8) is 0 Å². The smallest absolute Gasteiger partial charge is 0.261 e. The van der Waals surface area contributed by atoms with E-state index in [1.807, 2.05) is 29.6 Å². The molecule has 0 saturated carbocycles. The predicted molar refractivity (Wildman–Crippen MR) is 112 cm³/mol. The zero-order valence-electron chi connectivity index (χ0n) is 15.7. The number of carbonyl (C=O) groups is 2. The summed E-state index contributed by atoms with van der Waals surface area (Å²) in [6, 6.07) is 16.8. The first kappa shape index (κ1) is 20.5. The van der Waals surface area contributed by atoms with Gasteiger partial charge in [-0.25, -0.2) is 4.39 Å². The minimum absolute atomic E-state index is 0.119. The van der Waals surface area contributed by atoms with Crippen molar-refractivity contribution in [3.8, 4) is 5.75 Å². The summed E-state index contributed by atoms with van der Waals surface area (Å²) in [7, 11) is 0. The largest absolute Gasteiger partial charge is 0.489 e. The van der Waals surface area contributed by atoms with Crippen molar-refractivity contribution >= 4 is 28.8 Å². The monoisotopic (exact) mass is 412 g/mol. The predicted octanol–water partition coefficient (Wildman–Crippen LogP) is 4.61. The molecule has 0 spiro atoms. The van der Waals surface area contributed by atoms with Crippen LogP contribution in [-0.2, 0) is 11.4 Å². The number of rotatable bonds is 9. The van der Waals surface area contributed by atoms with E-state index in [9.17, 15) is 14.0 Å². The van der Waals surface area contributed by atoms with E-state index in [-0.39, 0.29) is 24.2 Å². The average molecular weight is 412 g/mol. The summed E-state index contributed by atoms with van der Waals surface area (Å²) < 4.78 is 18.8. The lowest BCUT2D eigenvalue weighted by molar-refractivity contribution is -0.116. The molecule has 2 aromatic carbocycles. The zero-order chi connectivity index (χ0) is 20.5. The molecule has 2 amide bonds. The topological polar surface area (TPSA) is 67.4 Å². The summed E-state index contributed by atoms with van der Waals surface area (Å²) in [6.07, 6.45) is 0.847. The summed E-state index contributed by atoms with van der Waals surface area (Å²) >= 11 is 1.38. The van der Waals surface area contributed by atoms with E-state index in [0.717, 1.165) is 5.56 Å². The number of carbonyl (C=O) groups excluding carboxylic acids is 2. The number of amides is 2. The zero-order valence-corrected chi connectivity index (χ0v) is 16.5. The van der Waals surface area contributed by atoms with Crippen molar-refractivity contribution in [1.82, 2.24) is 5.32 Å². The number of hydrogen-bond acceptors (Lipinski definition) is 4. The normalized spacial score (nSPS) is 10.4. The van der Waals surface area contributed by atoms with Crippen molar-refractivity contribution in [3.05, 3.63) is 82.3 Å². The number of hydrogen-bond donors (Lipinski definition) is 2.